The van der Waals surface area contributed by atoms with Crippen molar-refractivity contribution in [3.05, 3.63) is 59.2 Å². The SMILES string of the molecule is C1=C(N2CCOCC2)CC2=C(NCNC2)NN1C1(c2ccccc2)CC1. The quantitative estimate of drug-likeness (QED) is 0.764. The molecule has 1 saturated heterocycles. The van der Waals surface area contributed by atoms with Gasteiger partial charge in [0.1, 0.15) is 5.82 Å². The summed E-state index contributed by atoms with van der Waals surface area (Å²) in [5.41, 5.74) is 7.96. The van der Waals surface area contributed by atoms with E-state index in [-0.39, 0.29) is 5.54 Å². The number of hydrogen-bond donors (Lipinski definition) is 3. The van der Waals surface area contributed by atoms with Crippen LogP contribution in [0.2, 0.25) is 0 Å². The lowest BCUT2D eigenvalue weighted by molar-refractivity contribution is 0.0510. The standard InChI is InChI=1S/C20H27N5O/c1-2-4-17(5-3-1)20(6-7-20)25-14-18(24-8-10-26-11-9-24)12-16-13-21-15-22-19(16)23-25/h1-5,14,21-23H,6-13,15H2. The Balaban J connectivity index is 1.51. The van der Waals surface area contributed by atoms with Gasteiger partial charge in [-0.25, -0.2) is 0 Å². The number of ether oxygens (including phenoxy) is 1. The highest BCUT2D eigenvalue weighted by atomic mass is 16.5. The van der Waals surface area contributed by atoms with Crippen LogP contribution in [0, 0.1) is 0 Å². The third kappa shape index (κ3) is 2.83. The summed E-state index contributed by atoms with van der Waals surface area (Å²) in [7, 11) is 0. The monoisotopic (exact) mass is 353 g/mol. The Morgan fingerprint density at radius 2 is 1.85 bits per heavy atom. The van der Waals surface area contributed by atoms with Crippen LogP contribution in [0.3, 0.4) is 0 Å². The number of nitrogens with zero attached hydrogens (tertiary/aromatic N) is 2. The van der Waals surface area contributed by atoms with Crippen LogP contribution in [-0.4, -0.2) is 49.4 Å². The van der Waals surface area contributed by atoms with Crippen LogP contribution in [0.15, 0.2) is 53.6 Å². The molecule has 4 aliphatic rings. The maximum Gasteiger partial charge on any atom is 0.119 e. The van der Waals surface area contributed by atoms with Crippen LogP contribution in [-0.2, 0) is 10.3 Å². The highest BCUT2D eigenvalue weighted by Crippen LogP contribution is 2.51. The lowest BCUT2D eigenvalue weighted by Crippen LogP contribution is -2.48. The minimum atomic E-state index is 0.0633. The first-order valence-corrected chi connectivity index (χ1v) is 9.67. The van der Waals surface area contributed by atoms with E-state index in [9.17, 15) is 0 Å². The van der Waals surface area contributed by atoms with Crippen LogP contribution in [0.5, 0.6) is 0 Å². The van der Waals surface area contributed by atoms with Gasteiger partial charge in [-0.3, -0.25) is 15.8 Å². The molecule has 0 aromatic heterocycles. The second-order valence-electron chi connectivity index (χ2n) is 7.53. The maximum atomic E-state index is 5.57. The van der Waals surface area contributed by atoms with E-state index in [1.165, 1.54) is 35.5 Å². The Morgan fingerprint density at radius 3 is 2.62 bits per heavy atom. The van der Waals surface area contributed by atoms with Crippen molar-refractivity contribution >= 4 is 0 Å². The van der Waals surface area contributed by atoms with Gasteiger partial charge in [0, 0.05) is 38.0 Å². The molecule has 1 aromatic carbocycles. The van der Waals surface area contributed by atoms with Gasteiger partial charge in [-0.15, -0.1) is 0 Å². The van der Waals surface area contributed by atoms with Gasteiger partial charge in [-0.05, 0) is 24.0 Å². The Labute approximate surface area is 154 Å². The molecule has 2 fully saturated rings. The smallest absolute Gasteiger partial charge is 0.119 e. The van der Waals surface area contributed by atoms with Crippen molar-refractivity contribution in [1.82, 2.24) is 26.0 Å². The van der Waals surface area contributed by atoms with Gasteiger partial charge in [-0.2, -0.15) is 0 Å². The molecule has 0 unspecified atom stereocenters. The summed E-state index contributed by atoms with van der Waals surface area (Å²) in [6.45, 7) is 5.32. The average molecular weight is 353 g/mol. The minimum absolute atomic E-state index is 0.0633. The number of hydrogen-bond acceptors (Lipinski definition) is 6. The van der Waals surface area contributed by atoms with Crippen LogP contribution in [0.4, 0.5) is 0 Å². The molecular formula is C20H27N5O. The molecular weight excluding hydrogens is 326 g/mol. The third-order valence-electron chi connectivity index (χ3n) is 5.90. The van der Waals surface area contributed by atoms with Gasteiger partial charge in [-0.1, -0.05) is 30.3 Å². The van der Waals surface area contributed by atoms with Gasteiger partial charge in [0.05, 0.1) is 25.4 Å². The fraction of sp³-hybridized carbons (Fsp3) is 0.500. The number of morpholine rings is 1. The zero-order valence-electron chi connectivity index (χ0n) is 15.1. The van der Waals surface area contributed by atoms with E-state index in [2.05, 4.69) is 62.5 Å². The van der Waals surface area contributed by atoms with Crippen molar-refractivity contribution < 1.29 is 4.74 Å². The molecule has 0 amide bonds. The van der Waals surface area contributed by atoms with Crippen molar-refractivity contribution in [2.75, 3.05) is 39.5 Å². The van der Waals surface area contributed by atoms with Crippen LogP contribution >= 0.6 is 0 Å². The molecule has 3 heterocycles. The summed E-state index contributed by atoms with van der Waals surface area (Å²) in [4.78, 5) is 2.49. The maximum absolute atomic E-state index is 5.57. The van der Waals surface area contributed by atoms with E-state index in [0.29, 0.717) is 0 Å². The fourth-order valence-electron chi connectivity index (χ4n) is 4.22. The normalized spacial score (nSPS) is 24.8. The molecule has 1 aliphatic carbocycles. The molecule has 6 heteroatoms. The Bertz CT molecular complexity index is 719. The zero-order valence-corrected chi connectivity index (χ0v) is 15.1. The lowest BCUT2D eigenvalue weighted by Gasteiger charge is -2.35. The second-order valence-corrected chi connectivity index (χ2v) is 7.53. The Hall–Kier alpha value is -2.18. The zero-order chi connectivity index (χ0) is 17.4. The summed E-state index contributed by atoms with van der Waals surface area (Å²) in [5, 5.41) is 9.31. The third-order valence-corrected chi connectivity index (χ3v) is 5.90. The van der Waals surface area contributed by atoms with Gasteiger partial charge < -0.3 is 15.0 Å². The summed E-state index contributed by atoms with van der Waals surface area (Å²) >= 11 is 0. The molecule has 1 aromatic rings. The summed E-state index contributed by atoms with van der Waals surface area (Å²) in [6, 6.07) is 10.9. The number of allylic oxidation sites excluding steroid dienone is 1. The van der Waals surface area contributed by atoms with Gasteiger partial charge in [0.15, 0.2) is 0 Å². The van der Waals surface area contributed by atoms with E-state index < -0.39 is 0 Å². The fourth-order valence-corrected chi connectivity index (χ4v) is 4.22. The van der Waals surface area contributed by atoms with Crippen molar-refractivity contribution in [3.8, 4) is 0 Å². The predicted molar refractivity (Wildman–Crippen MR) is 100 cm³/mol. The molecule has 26 heavy (non-hydrogen) atoms. The molecule has 3 aliphatic heterocycles. The van der Waals surface area contributed by atoms with Crippen molar-refractivity contribution in [2.45, 2.75) is 24.8 Å². The molecule has 0 bridgehead atoms. The highest BCUT2D eigenvalue weighted by molar-refractivity contribution is 5.33. The summed E-state index contributed by atoms with van der Waals surface area (Å²) in [5.74, 6) is 1.17. The number of hydrazine groups is 1. The molecule has 0 radical (unpaired) electrons. The first kappa shape index (κ1) is 16.0. The number of nitrogens with one attached hydrogen (secondary N) is 3. The molecule has 0 atom stereocenters. The van der Waals surface area contributed by atoms with Crippen molar-refractivity contribution in [1.29, 1.82) is 0 Å². The first-order chi connectivity index (χ1) is 12.9. The van der Waals surface area contributed by atoms with Gasteiger partial charge in [0.25, 0.3) is 0 Å². The molecule has 5 rings (SSSR count). The van der Waals surface area contributed by atoms with E-state index in [1.807, 2.05) is 0 Å². The van der Waals surface area contributed by atoms with Crippen LogP contribution in [0.25, 0.3) is 0 Å². The second kappa shape index (κ2) is 6.52. The largest absolute Gasteiger partial charge is 0.378 e. The molecule has 3 N–H and O–H groups in total. The molecule has 1 saturated carbocycles. The van der Waals surface area contributed by atoms with Gasteiger partial charge in [0.2, 0.25) is 0 Å². The topological polar surface area (TPSA) is 51.8 Å². The van der Waals surface area contributed by atoms with Gasteiger partial charge >= 0.3 is 0 Å². The Kier molecular flexibility index (Phi) is 4.02. The lowest BCUT2D eigenvalue weighted by atomic mass is 10.0. The molecule has 138 valence electrons. The van der Waals surface area contributed by atoms with Crippen LogP contribution < -0.4 is 16.1 Å². The van der Waals surface area contributed by atoms with Crippen molar-refractivity contribution in [3.63, 3.8) is 0 Å². The predicted octanol–water partition coefficient (Wildman–Crippen LogP) is 1.42. The summed E-state index contributed by atoms with van der Waals surface area (Å²) in [6.07, 6.45) is 5.69. The van der Waals surface area contributed by atoms with E-state index in [1.54, 1.807) is 0 Å². The Morgan fingerprint density at radius 1 is 1.04 bits per heavy atom. The molecule has 0 spiro atoms. The van der Waals surface area contributed by atoms with E-state index in [0.717, 1.165) is 45.9 Å². The van der Waals surface area contributed by atoms with Crippen LogP contribution in [0.1, 0.15) is 24.8 Å². The highest BCUT2D eigenvalue weighted by Gasteiger charge is 2.50. The van der Waals surface area contributed by atoms with Crippen molar-refractivity contribution in [2.24, 2.45) is 0 Å². The van der Waals surface area contributed by atoms with E-state index in [4.69, 9.17) is 4.74 Å². The number of rotatable bonds is 3. The first-order valence-electron chi connectivity index (χ1n) is 9.67. The van der Waals surface area contributed by atoms with E-state index >= 15 is 0 Å². The molecule has 6 nitrogen and oxygen atoms in total. The minimum Gasteiger partial charge on any atom is -0.378 e. The number of benzene rings is 1. The average Bonchev–Trinajstić information content (AvgIpc) is 3.52. The summed E-state index contributed by atoms with van der Waals surface area (Å²) < 4.78 is 5.57.